The van der Waals surface area contributed by atoms with Crippen LogP contribution in [0.15, 0.2) is 53.0 Å². The molecule has 2 amide bonds. The molecule has 4 aliphatic rings. The Morgan fingerprint density at radius 1 is 1.06 bits per heavy atom. The molecule has 0 spiro atoms. The smallest absolute Gasteiger partial charge is 0.387 e. The van der Waals surface area contributed by atoms with Crippen LogP contribution in [0, 0.1) is 5.92 Å². The third-order valence-corrected chi connectivity index (χ3v) is 8.30. The standard InChI is InChI=1S/C27H30BrF2N3O3/c28-20-5-1-17(2-6-20)15-22(24(34)31-23-16-33-13-9-18(23)10-14-33)32-25(35)27(11-12-27)19-3-7-21(8-4-19)36-26(29)30/h1-8,18,22-23,26H,9-16H2,(H,31,34)(H,32,35)/t22-,23+/m0/s1. The number of hydrogen-bond donors (Lipinski definition) is 2. The van der Waals surface area contributed by atoms with Crippen molar-refractivity contribution in [2.45, 2.75) is 56.2 Å². The highest BCUT2D eigenvalue weighted by Gasteiger charge is 2.52. The summed E-state index contributed by atoms with van der Waals surface area (Å²) in [5.74, 6) is 0.152. The molecular weight excluding hydrogens is 532 g/mol. The molecule has 0 aromatic heterocycles. The summed E-state index contributed by atoms with van der Waals surface area (Å²) in [6, 6.07) is 13.3. The minimum atomic E-state index is -2.90. The highest BCUT2D eigenvalue weighted by Crippen LogP contribution is 2.48. The Morgan fingerprint density at radius 3 is 2.28 bits per heavy atom. The van der Waals surface area contributed by atoms with E-state index in [9.17, 15) is 18.4 Å². The van der Waals surface area contributed by atoms with Crippen molar-refractivity contribution in [1.29, 1.82) is 0 Å². The number of amides is 2. The first kappa shape index (κ1) is 25.1. The summed E-state index contributed by atoms with van der Waals surface area (Å²) in [6.07, 6.45) is 3.83. The molecule has 0 radical (unpaired) electrons. The Balaban J connectivity index is 1.31. The third kappa shape index (κ3) is 5.57. The van der Waals surface area contributed by atoms with E-state index in [1.165, 1.54) is 12.1 Å². The average molecular weight is 562 g/mol. The van der Waals surface area contributed by atoms with Gasteiger partial charge in [0.15, 0.2) is 0 Å². The molecule has 2 bridgehead atoms. The summed E-state index contributed by atoms with van der Waals surface area (Å²) in [5.41, 5.74) is 0.935. The van der Waals surface area contributed by atoms with E-state index < -0.39 is 18.1 Å². The number of nitrogens with zero attached hydrogens (tertiary/aromatic N) is 1. The van der Waals surface area contributed by atoms with Crippen molar-refractivity contribution < 1.29 is 23.1 Å². The lowest BCUT2D eigenvalue weighted by Crippen LogP contribution is -2.60. The number of hydrogen-bond acceptors (Lipinski definition) is 4. The zero-order valence-corrected chi connectivity index (χ0v) is 21.5. The molecule has 3 heterocycles. The maximum Gasteiger partial charge on any atom is 0.387 e. The molecule has 3 saturated heterocycles. The summed E-state index contributed by atoms with van der Waals surface area (Å²) in [5, 5.41) is 6.27. The van der Waals surface area contributed by atoms with Gasteiger partial charge in [0.05, 0.1) is 5.41 Å². The number of carbonyl (C=O) groups is 2. The number of nitrogens with one attached hydrogen (secondary N) is 2. The number of halogens is 3. The van der Waals surface area contributed by atoms with Gasteiger partial charge in [-0.25, -0.2) is 0 Å². The van der Waals surface area contributed by atoms with E-state index in [2.05, 4.69) is 36.2 Å². The molecule has 2 atom stereocenters. The summed E-state index contributed by atoms with van der Waals surface area (Å²) in [4.78, 5) is 29.4. The highest BCUT2D eigenvalue weighted by atomic mass is 79.9. The lowest BCUT2D eigenvalue weighted by molar-refractivity contribution is -0.131. The predicted molar refractivity (Wildman–Crippen MR) is 135 cm³/mol. The first-order valence-corrected chi connectivity index (χ1v) is 13.3. The third-order valence-electron chi connectivity index (χ3n) is 7.78. The molecule has 6 nitrogen and oxygen atoms in total. The number of alkyl halides is 2. The normalized spacial score (nSPS) is 24.7. The first-order valence-electron chi connectivity index (χ1n) is 12.5. The van der Waals surface area contributed by atoms with Gasteiger partial charge in [-0.1, -0.05) is 40.2 Å². The number of rotatable bonds is 9. The number of piperidine rings is 3. The second-order valence-corrected chi connectivity index (χ2v) is 11.0. The van der Waals surface area contributed by atoms with Gasteiger partial charge in [-0.05, 0) is 80.1 Å². The molecule has 2 N–H and O–H groups in total. The molecule has 1 saturated carbocycles. The summed E-state index contributed by atoms with van der Waals surface area (Å²) in [6.45, 7) is 0.120. The topological polar surface area (TPSA) is 70.7 Å². The van der Waals surface area contributed by atoms with Crippen LogP contribution < -0.4 is 15.4 Å². The fraction of sp³-hybridized carbons (Fsp3) is 0.481. The molecule has 0 unspecified atom stereocenters. The van der Waals surface area contributed by atoms with Crippen molar-refractivity contribution in [3.63, 3.8) is 0 Å². The van der Waals surface area contributed by atoms with Crippen LogP contribution in [0.1, 0.15) is 36.8 Å². The molecule has 2 aromatic carbocycles. The van der Waals surface area contributed by atoms with Crippen LogP contribution in [0.4, 0.5) is 8.78 Å². The molecule has 1 aliphatic carbocycles. The second-order valence-electron chi connectivity index (χ2n) is 10.1. The van der Waals surface area contributed by atoms with Gasteiger partial charge in [0.1, 0.15) is 11.8 Å². The van der Waals surface area contributed by atoms with Crippen LogP contribution in [0.5, 0.6) is 5.75 Å². The van der Waals surface area contributed by atoms with Crippen molar-refractivity contribution in [2.24, 2.45) is 5.92 Å². The van der Waals surface area contributed by atoms with Gasteiger partial charge in [0, 0.05) is 23.5 Å². The quantitative estimate of drug-likeness (QED) is 0.485. The largest absolute Gasteiger partial charge is 0.435 e. The van der Waals surface area contributed by atoms with E-state index in [1.807, 2.05) is 24.3 Å². The average Bonchev–Trinajstić information content (AvgIpc) is 3.68. The van der Waals surface area contributed by atoms with E-state index in [4.69, 9.17) is 0 Å². The maximum absolute atomic E-state index is 13.5. The van der Waals surface area contributed by atoms with Crippen LogP contribution in [-0.2, 0) is 21.4 Å². The molecule has 3 aliphatic heterocycles. The van der Waals surface area contributed by atoms with Gasteiger partial charge in [0.25, 0.3) is 0 Å². The van der Waals surface area contributed by atoms with Gasteiger partial charge in [-0.15, -0.1) is 0 Å². The van der Waals surface area contributed by atoms with E-state index in [-0.39, 0.29) is 23.6 Å². The Morgan fingerprint density at radius 2 is 1.72 bits per heavy atom. The van der Waals surface area contributed by atoms with Crippen LogP contribution in [0.3, 0.4) is 0 Å². The van der Waals surface area contributed by atoms with Crippen molar-refractivity contribution in [2.75, 3.05) is 19.6 Å². The van der Waals surface area contributed by atoms with Crippen LogP contribution in [0.25, 0.3) is 0 Å². The molecule has 9 heteroatoms. The summed E-state index contributed by atoms with van der Waals surface area (Å²) < 4.78 is 30.4. The Labute approximate surface area is 217 Å². The predicted octanol–water partition coefficient (Wildman–Crippen LogP) is 4.02. The Bertz CT molecular complexity index is 1080. The van der Waals surface area contributed by atoms with Crippen LogP contribution in [-0.4, -0.2) is 55.0 Å². The fourth-order valence-electron chi connectivity index (χ4n) is 5.50. The van der Waals surface area contributed by atoms with E-state index in [1.54, 1.807) is 12.1 Å². The van der Waals surface area contributed by atoms with E-state index in [0.29, 0.717) is 25.2 Å². The zero-order chi connectivity index (χ0) is 25.3. The van der Waals surface area contributed by atoms with E-state index >= 15 is 0 Å². The Hall–Kier alpha value is -2.52. The highest BCUT2D eigenvalue weighted by molar-refractivity contribution is 9.10. The SMILES string of the molecule is O=C(N[C@@H]1CN2CCC1CC2)[C@H](Cc1ccc(Br)cc1)NC(=O)C1(c2ccc(OC(F)F)cc2)CC1. The Kier molecular flexibility index (Phi) is 7.30. The minimum absolute atomic E-state index is 0.0509. The molecule has 36 heavy (non-hydrogen) atoms. The lowest BCUT2D eigenvalue weighted by Gasteiger charge is -2.45. The first-order chi connectivity index (χ1) is 17.3. The van der Waals surface area contributed by atoms with Crippen molar-refractivity contribution in [1.82, 2.24) is 15.5 Å². The van der Waals surface area contributed by atoms with Gasteiger partial charge in [-0.3, -0.25) is 9.59 Å². The van der Waals surface area contributed by atoms with Crippen LogP contribution in [0.2, 0.25) is 0 Å². The number of ether oxygens (including phenoxy) is 1. The van der Waals surface area contributed by atoms with Gasteiger partial charge < -0.3 is 20.3 Å². The van der Waals surface area contributed by atoms with Gasteiger partial charge in [0.2, 0.25) is 11.8 Å². The van der Waals surface area contributed by atoms with Gasteiger partial charge in [-0.2, -0.15) is 8.78 Å². The van der Waals surface area contributed by atoms with Crippen molar-refractivity contribution in [3.8, 4) is 5.75 Å². The summed E-state index contributed by atoms with van der Waals surface area (Å²) >= 11 is 3.44. The fourth-order valence-corrected chi connectivity index (χ4v) is 5.77. The van der Waals surface area contributed by atoms with Crippen molar-refractivity contribution >= 4 is 27.7 Å². The minimum Gasteiger partial charge on any atom is -0.435 e. The van der Waals surface area contributed by atoms with Crippen LogP contribution >= 0.6 is 15.9 Å². The number of carbonyl (C=O) groups excluding carboxylic acids is 2. The molecular formula is C27H30BrF2N3O3. The molecule has 192 valence electrons. The monoisotopic (exact) mass is 561 g/mol. The molecule has 4 fully saturated rings. The van der Waals surface area contributed by atoms with Gasteiger partial charge >= 0.3 is 6.61 Å². The number of benzene rings is 2. The summed E-state index contributed by atoms with van der Waals surface area (Å²) in [7, 11) is 0. The zero-order valence-electron chi connectivity index (χ0n) is 19.9. The maximum atomic E-state index is 13.5. The number of fused-ring (bicyclic) bond motifs is 3. The lowest BCUT2D eigenvalue weighted by atomic mass is 9.84. The molecule has 6 rings (SSSR count). The second kappa shape index (κ2) is 10.5. The van der Waals surface area contributed by atoms with E-state index in [0.717, 1.165) is 48.1 Å². The van der Waals surface area contributed by atoms with Crippen molar-refractivity contribution in [3.05, 3.63) is 64.1 Å². The molecule has 2 aromatic rings.